The van der Waals surface area contributed by atoms with Crippen LogP contribution in [0.1, 0.15) is 36.2 Å². The predicted octanol–water partition coefficient (Wildman–Crippen LogP) is 2.04. The quantitative estimate of drug-likeness (QED) is 0.919. The third-order valence-electron chi connectivity index (χ3n) is 4.44. The summed E-state index contributed by atoms with van der Waals surface area (Å²) in [4.78, 5) is 29.7. The molecule has 1 aromatic heterocycles. The molecule has 2 heterocycles. The van der Waals surface area contributed by atoms with Crippen LogP contribution in [0.4, 0.5) is 4.39 Å². The molecule has 1 N–H and O–H groups in total. The first kappa shape index (κ1) is 17.1. The highest BCUT2D eigenvalue weighted by molar-refractivity contribution is 5.93. The van der Waals surface area contributed by atoms with Crippen LogP contribution in [-0.2, 0) is 4.79 Å². The topological polar surface area (TPSA) is 88.3 Å². The Balaban J connectivity index is 1.89. The number of benzene rings is 1. The number of carbonyl (C=O) groups is 2. The van der Waals surface area contributed by atoms with Crippen LogP contribution in [0.5, 0.6) is 0 Å². The van der Waals surface area contributed by atoms with Gasteiger partial charge in [-0.15, -0.1) is 5.10 Å². The maximum Gasteiger partial charge on any atom is 0.326 e. The summed E-state index contributed by atoms with van der Waals surface area (Å²) in [5, 5.41) is 13.6. The van der Waals surface area contributed by atoms with Gasteiger partial charge in [0.15, 0.2) is 0 Å². The van der Waals surface area contributed by atoms with Crippen molar-refractivity contribution in [2.24, 2.45) is 5.92 Å². The zero-order chi connectivity index (χ0) is 18.1. The first-order valence-corrected chi connectivity index (χ1v) is 8.10. The first-order valence-electron chi connectivity index (χ1n) is 8.10. The largest absolute Gasteiger partial charge is 0.480 e. The molecule has 7 nitrogen and oxygen atoms in total. The van der Waals surface area contributed by atoms with E-state index in [0.717, 1.165) is 6.42 Å². The zero-order valence-electron chi connectivity index (χ0n) is 14.0. The van der Waals surface area contributed by atoms with Gasteiger partial charge < -0.3 is 10.0 Å². The van der Waals surface area contributed by atoms with Crippen molar-refractivity contribution in [1.29, 1.82) is 0 Å². The second-order valence-corrected chi connectivity index (χ2v) is 6.35. The Bertz CT molecular complexity index is 803. The van der Waals surface area contributed by atoms with Gasteiger partial charge in [-0.2, -0.15) is 0 Å². The molecule has 1 aromatic carbocycles. The number of hydrogen-bond acceptors (Lipinski definition) is 4. The van der Waals surface area contributed by atoms with E-state index in [0.29, 0.717) is 24.5 Å². The Morgan fingerprint density at radius 1 is 1.28 bits per heavy atom. The molecule has 2 unspecified atom stereocenters. The molecule has 1 saturated heterocycles. The molecule has 1 amide bonds. The predicted molar refractivity (Wildman–Crippen MR) is 86.9 cm³/mol. The normalized spacial score (nSPS) is 20.5. The summed E-state index contributed by atoms with van der Waals surface area (Å²) in [6.07, 6.45) is 1.16. The minimum Gasteiger partial charge on any atom is -0.480 e. The lowest BCUT2D eigenvalue weighted by atomic mass is 9.92. The smallest absolute Gasteiger partial charge is 0.326 e. The second kappa shape index (κ2) is 6.62. The minimum atomic E-state index is -1.02. The molecule has 1 aliphatic heterocycles. The Morgan fingerprint density at radius 2 is 1.96 bits per heavy atom. The van der Waals surface area contributed by atoms with Crippen molar-refractivity contribution in [3.05, 3.63) is 41.7 Å². The van der Waals surface area contributed by atoms with Crippen LogP contribution in [0.25, 0.3) is 5.69 Å². The number of nitrogens with zero attached hydrogens (tertiary/aromatic N) is 4. The van der Waals surface area contributed by atoms with Gasteiger partial charge >= 0.3 is 5.97 Å². The summed E-state index contributed by atoms with van der Waals surface area (Å²) < 4.78 is 14.5. The van der Waals surface area contributed by atoms with E-state index in [-0.39, 0.29) is 17.6 Å². The average Bonchev–Trinajstić information content (AvgIpc) is 2.96. The van der Waals surface area contributed by atoms with Gasteiger partial charge in [-0.1, -0.05) is 6.92 Å². The maximum atomic E-state index is 13.1. The molecule has 1 fully saturated rings. The molecular weight excluding hydrogens is 327 g/mol. The van der Waals surface area contributed by atoms with Gasteiger partial charge in [-0.25, -0.2) is 18.9 Å². The number of halogens is 1. The van der Waals surface area contributed by atoms with Crippen LogP contribution in [0, 0.1) is 18.7 Å². The van der Waals surface area contributed by atoms with E-state index < -0.39 is 17.9 Å². The molecule has 8 heteroatoms. The third kappa shape index (κ3) is 3.38. The number of aromatic nitrogens is 3. The lowest BCUT2D eigenvalue weighted by Gasteiger charge is -2.35. The number of aryl methyl sites for hydroxylation is 1. The summed E-state index contributed by atoms with van der Waals surface area (Å²) in [5.41, 5.74) is 0.576. The van der Waals surface area contributed by atoms with Gasteiger partial charge in [-0.3, -0.25) is 4.79 Å². The van der Waals surface area contributed by atoms with E-state index in [1.54, 1.807) is 6.92 Å². The van der Waals surface area contributed by atoms with E-state index in [9.17, 15) is 19.1 Å². The molecule has 0 bridgehead atoms. The number of carboxylic acids is 1. The van der Waals surface area contributed by atoms with Crippen LogP contribution in [-0.4, -0.2) is 49.2 Å². The highest BCUT2D eigenvalue weighted by atomic mass is 19.1. The van der Waals surface area contributed by atoms with E-state index in [1.807, 2.05) is 6.92 Å². The van der Waals surface area contributed by atoms with Gasteiger partial charge in [-0.05, 0) is 49.9 Å². The van der Waals surface area contributed by atoms with Crippen molar-refractivity contribution in [1.82, 2.24) is 19.7 Å². The Hall–Kier alpha value is -2.77. The lowest BCUT2D eigenvalue weighted by Crippen LogP contribution is -2.50. The minimum absolute atomic E-state index is 0.0531. The number of likely N-dealkylation sites (tertiary alicyclic amines) is 1. The van der Waals surface area contributed by atoms with Crippen molar-refractivity contribution < 1.29 is 19.1 Å². The fourth-order valence-corrected chi connectivity index (χ4v) is 3.05. The van der Waals surface area contributed by atoms with E-state index in [4.69, 9.17) is 0 Å². The third-order valence-corrected chi connectivity index (χ3v) is 4.44. The van der Waals surface area contributed by atoms with E-state index in [2.05, 4.69) is 10.1 Å². The van der Waals surface area contributed by atoms with Gasteiger partial charge in [0.05, 0.1) is 5.69 Å². The summed E-state index contributed by atoms with van der Waals surface area (Å²) in [6, 6.07) is 4.80. The molecule has 132 valence electrons. The highest BCUT2D eigenvalue weighted by Gasteiger charge is 2.36. The van der Waals surface area contributed by atoms with Crippen molar-refractivity contribution in [2.45, 2.75) is 32.7 Å². The molecule has 0 spiro atoms. The Kier molecular flexibility index (Phi) is 4.52. The summed E-state index contributed by atoms with van der Waals surface area (Å²) in [6.45, 7) is 4.02. The molecule has 2 atom stereocenters. The molecule has 0 saturated carbocycles. The number of amides is 1. The lowest BCUT2D eigenvalue weighted by molar-refractivity contribution is -0.144. The SMILES string of the molecule is Cc1nc(C(=O)N2CCC(C)CC2C(=O)O)nn1-c1ccc(F)cc1. The number of rotatable bonds is 3. The molecule has 25 heavy (non-hydrogen) atoms. The summed E-state index contributed by atoms with van der Waals surface area (Å²) in [7, 11) is 0. The fraction of sp³-hybridized carbons (Fsp3) is 0.412. The molecular formula is C17H19FN4O3. The van der Waals surface area contributed by atoms with Gasteiger partial charge in [0.2, 0.25) is 5.82 Å². The summed E-state index contributed by atoms with van der Waals surface area (Å²) in [5.74, 6) is -1.23. The van der Waals surface area contributed by atoms with Gasteiger partial charge in [0, 0.05) is 6.54 Å². The number of hydrogen-bond donors (Lipinski definition) is 1. The van der Waals surface area contributed by atoms with E-state index in [1.165, 1.54) is 33.8 Å². The number of carbonyl (C=O) groups excluding carboxylic acids is 1. The maximum absolute atomic E-state index is 13.1. The van der Waals surface area contributed by atoms with Crippen molar-refractivity contribution in [3.63, 3.8) is 0 Å². The molecule has 2 aromatic rings. The molecule has 1 aliphatic rings. The van der Waals surface area contributed by atoms with Crippen LogP contribution in [0.3, 0.4) is 0 Å². The molecule has 0 aliphatic carbocycles. The first-order chi connectivity index (χ1) is 11.9. The van der Waals surface area contributed by atoms with E-state index >= 15 is 0 Å². The zero-order valence-corrected chi connectivity index (χ0v) is 14.0. The van der Waals surface area contributed by atoms with Crippen molar-refractivity contribution in [2.75, 3.05) is 6.54 Å². The van der Waals surface area contributed by atoms with Crippen molar-refractivity contribution >= 4 is 11.9 Å². The summed E-state index contributed by atoms with van der Waals surface area (Å²) >= 11 is 0. The molecule has 0 radical (unpaired) electrons. The Labute approximate surface area is 144 Å². The Morgan fingerprint density at radius 3 is 2.60 bits per heavy atom. The van der Waals surface area contributed by atoms with Crippen molar-refractivity contribution in [3.8, 4) is 5.69 Å². The van der Waals surface area contributed by atoms with Gasteiger partial charge in [0.1, 0.15) is 17.7 Å². The monoisotopic (exact) mass is 346 g/mol. The van der Waals surface area contributed by atoms with Crippen LogP contribution in [0.15, 0.2) is 24.3 Å². The second-order valence-electron chi connectivity index (χ2n) is 6.35. The number of piperidine rings is 1. The van der Waals surface area contributed by atoms with Crippen LogP contribution < -0.4 is 0 Å². The fourth-order valence-electron chi connectivity index (χ4n) is 3.05. The van der Waals surface area contributed by atoms with Gasteiger partial charge in [0.25, 0.3) is 5.91 Å². The average molecular weight is 346 g/mol. The standard InChI is InChI=1S/C17H19FN4O3/c1-10-7-8-21(14(9-10)17(24)25)16(23)15-19-11(2)22(20-15)13-5-3-12(18)4-6-13/h3-6,10,14H,7-9H2,1-2H3,(H,24,25). The number of carboxylic acid groups (broad SMARTS) is 1. The number of aliphatic carboxylic acids is 1. The highest BCUT2D eigenvalue weighted by Crippen LogP contribution is 2.24. The van der Waals surface area contributed by atoms with Crippen LogP contribution >= 0.6 is 0 Å². The van der Waals surface area contributed by atoms with Crippen LogP contribution in [0.2, 0.25) is 0 Å². The molecule has 3 rings (SSSR count).